The number of fused-ring (bicyclic) bond motifs is 1. The van der Waals surface area contributed by atoms with Gasteiger partial charge in [0.1, 0.15) is 11.4 Å². The highest BCUT2D eigenvalue weighted by atomic mass is 19.4. The van der Waals surface area contributed by atoms with E-state index in [0.717, 1.165) is 22.3 Å². The number of rotatable bonds is 5. The molecule has 0 fully saturated rings. The molecule has 0 spiro atoms. The van der Waals surface area contributed by atoms with Gasteiger partial charge in [0.15, 0.2) is 0 Å². The van der Waals surface area contributed by atoms with Gasteiger partial charge in [0.2, 0.25) is 0 Å². The summed E-state index contributed by atoms with van der Waals surface area (Å²) in [6, 6.07) is 16.2. The standard InChI is InChI=1S/C30H23F6N3O2/c1-39(2)26-22-19-9-5-3-7-17(19)21(18-8-4-6-10-20(18)22)23(26)38-25-24(27(40)28(25)41)37-16-12-14(29(31,32)33)11-15(13-16)30(34,35)36/h3-13,21-23,26,37-38H,1-2H3/t21?,22?,23-,26-/m1/s1. The summed E-state index contributed by atoms with van der Waals surface area (Å²) in [4.78, 5) is 27.4. The average molecular weight is 572 g/mol. The molecule has 0 aliphatic heterocycles. The number of benzene rings is 3. The first kappa shape index (κ1) is 27.1. The van der Waals surface area contributed by atoms with Gasteiger partial charge in [0, 0.05) is 23.6 Å². The highest BCUT2D eigenvalue weighted by Crippen LogP contribution is 2.54. The largest absolute Gasteiger partial charge is 0.416 e. The molecule has 41 heavy (non-hydrogen) atoms. The monoisotopic (exact) mass is 571 g/mol. The zero-order chi connectivity index (χ0) is 29.4. The van der Waals surface area contributed by atoms with E-state index in [1.165, 1.54) is 0 Å². The van der Waals surface area contributed by atoms with Crippen molar-refractivity contribution in [2.75, 3.05) is 24.7 Å². The van der Waals surface area contributed by atoms with Gasteiger partial charge in [0.25, 0.3) is 10.9 Å². The Morgan fingerprint density at radius 2 is 1.10 bits per heavy atom. The number of hydrogen-bond donors (Lipinski definition) is 2. The fourth-order valence-electron chi connectivity index (χ4n) is 6.42. The molecule has 0 saturated heterocycles. The molecule has 2 atom stereocenters. The molecule has 0 radical (unpaired) electrons. The number of halogens is 6. The Morgan fingerprint density at radius 1 is 0.659 bits per heavy atom. The Bertz CT molecular complexity index is 1660. The summed E-state index contributed by atoms with van der Waals surface area (Å²) < 4.78 is 80.4. The Morgan fingerprint density at radius 3 is 1.54 bits per heavy atom. The third-order valence-electron chi connectivity index (χ3n) is 8.08. The second-order valence-corrected chi connectivity index (χ2v) is 10.7. The van der Waals surface area contributed by atoms with Gasteiger partial charge in [-0.05, 0) is 54.5 Å². The minimum atomic E-state index is -5.06. The van der Waals surface area contributed by atoms with Crippen molar-refractivity contribution in [3.63, 3.8) is 0 Å². The van der Waals surface area contributed by atoms with Gasteiger partial charge >= 0.3 is 12.4 Å². The molecule has 7 rings (SSSR count). The molecule has 0 aromatic heterocycles. The van der Waals surface area contributed by atoms with Gasteiger partial charge in [0.05, 0.1) is 17.2 Å². The maximum absolute atomic E-state index is 13.4. The lowest BCUT2D eigenvalue weighted by Gasteiger charge is -2.53. The summed E-state index contributed by atoms with van der Waals surface area (Å²) in [5, 5.41) is 5.58. The number of likely N-dealkylation sites (N-methyl/N-ethyl adjacent to an activating group) is 1. The van der Waals surface area contributed by atoms with Gasteiger partial charge in [-0.2, -0.15) is 26.3 Å². The van der Waals surface area contributed by atoms with E-state index in [9.17, 15) is 35.9 Å². The van der Waals surface area contributed by atoms with Crippen LogP contribution in [0.25, 0.3) is 0 Å². The smallest absolute Gasteiger partial charge is 0.375 e. The van der Waals surface area contributed by atoms with Crippen LogP contribution in [0.3, 0.4) is 0 Å². The third kappa shape index (κ3) is 4.30. The minimum absolute atomic E-state index is 0.00179. The number of nitrogens with one attached hydrogen (secondary N) is 2. The van der Waals surface area contributed by atoms with Gasteiger partial charge in [-0.1, -0.05) is 48.5 Å². The first-order valence-electron chi connectivity index (χ1n) is 12.8. The van der Waals surface area contributed by atoms with Crippen LogP contribution in [0.5, 0.6) is 0 Å². The lowest BCUT2D eigenvalue weighted by Crippen LogP contribution is -2.58. The van der Waals surface area contributed by atoms with E-state index in [-0.39, 0.29) is 35.3 Å². The Kier molecular flexibility index (Phi) is 6.07. The van der Waals surface area contributed by atoms with Crippen molar-refractivity contribution >= 4 is 17.1 Å². The number of anilines is 3. The van der Waals surface area contributed by atoms with E-state index < -0.39 is 46.1 Å². The maximum atomic E-state index is 13.4. The fraction of sp³-hybridized carbons (Fsp3) is 0.267. The molecule has 2 bridgehead atoms. The Hall–Kier alpha value is -4.12. The highest BCUT2D eigenvalue weighted by Gasteiger charge is 2.51. The quantitative estimate of drug-likeness (QED) is 0.225. The molecule has 212 valence electrons. The SMILES string of the molecule is CN(C)[C@@H]1C2c3ccccc3C(c3ccccc32)[C@H]1Nc1c(Nc2cc(C(F)(F)F)cc(C(F)(F)F)c2)c(=O)c1=O. The van der Waals surface area contributed by atoms with E-state index in [1.54, 1.807) is 0 Å². The van der Waals surface area contributed by atoms with Crippen molar-refractivity contribution in [3.05, 3.63) is 121 Å². The molecular weight excluding hydrogens is 548 g/mol. The molecule has 0 unspecified atom stereocenters. The summed E-state index contributed by atoms with van der Waals surface area (Å²) in [6.45, 7) is 0. The third-order valence-corrected chi connectivity index (χ3v) is 8.08. The lowest BCUT2D eigenvalue weighted by molar-refractivity contribution is -0.143. The van der Waals surface area contributed by atoms with Crippen LogP contribution in [-0.4, -0.2) is 31.1 Å². The van der Waals surface area contributed by atoms with Crippen molar-refractivity contribution in [2.45, 2.75) is 36.3 Å². The predicted molar refractivity (Wildman–Crippen MR) is 143 cm³/mol. The van der Waals surface area contributed by atoms with Crippen LogP contribution in [0.2, 0.25) is 0 Å². The summed E-state index contributed by atoms with van der Waals surface area (Å²) in [6.07, 6.45) is -10.1. The van der Waals surface area contributed by atoms with E-state index in [2.05, 4.69) is 22.8 Å². The van der Waals surface area contributed by atoms with E-state index >= 15 is 0 Å². The molecule has 4 aromatic rings. The minimum Gasteiger partial charge on any atom is -0.375 e. The average Bonchev–Trinajstić information content (AvgIpc) is 2.93. The first-order valence-corrected chi connectivity index (χ1v) is 12.8. The van der Waals surface area contributed by atoms with Crippen molar-refractivity contribution in [1.82, 2.24) is 4.90 Å². The molecule has 2 N–H and O–H groups in total. The van der Waals surface area contributed by atoms with Gasteiger partial charge in [-0.25, -0.2) is 0 Å². The van der Waals surface area contributed by atoms with Crippen LogP contribution in [0.1, 0.15) is 45.2 Å². The number of alkyl halides is 6. The second-order valence-electron chi connectivity index (χ2n) is 10.7. The van der Waals surface area contributed by atoms with Gasteiger partial charge in [-0.3, -0.25) is 9.59 Å². The first-order chi connectivity index (χ1) is 19.3. The lowest BCUT2D eigenvalue weighted by atomic mass is 9.59. The van der Waals surface area contributed by atoms with Crippen LogP contribution in [0.4, 0.5) is 43.4 Å². The zero-order valence-electron chi connectivity index (χ0n) is 21.7. The van der Waals surface area contributed by atoms with Gasteiger partial charge < -0.3 is 15.5 Å². The summed E-state index contributed by atoms with van der Waals surface area (Å²) in [5.41, 5.74) is -1.75. The molecule has 0 amide bonds. The molecule has 0 heterocycles. The normalized spacial score (nSPS) is 21.6. The van der Waals surface area contributed by atoms with E-state index in [1.807, 2.05) is 55.4 Å². The zero-order valence-corrected chi connectivity index (χ0v) is 21.7. The summed E-state index contributed by atoms with van der Waals surface area (Å²) >= 11 is 0. The topological polar surface area (TPSA) is 61.4 Å². The summed E-state index contributed by atoms with van der Waals surface area (Å²) in [5.74, 6) is -0.317. The number of hydrogen-bond acceptors (Lipinski definition) is 5. The van der Waals surface area contributed by atoms with Crippen LogP contribution in [-0.2, 0) is 12.4 Å². The van der Waals surface area contributed by atoms with Crippen molar-refractivity contribution in [2.24, 2.45) is 0 Å². The predicted octanol–water partition coefficient (Wildman–Crippen LogP) is 6.07. The number of nitrogens with zero attached hydrogens (tertiary/aromatic N) is 1. The van der Waals surface area contributed by atoms with Gasteiger partial charge in [-0.15, -0.1) is 0 Å². The summed E-state index contributed by atoms with van der Waals surface area (Å²) in [7, 11) is 3.79. The highest BCUT2D eigenvalue weighted by molar-refractivity contribution is 5.80. The van der Waals surface area contributed by atoms with Crippen LogP contribution in [0, 0.1) is 0 Å². The molecule has 0 saturated carbocycles. The maximum Gasteiger partial charge on any atom is 0.416 e. The van der Waals surface area contributed by atoms with E-state index in [4.69, 9.17) is 0 Å². The molecule has 4 aromatic carbocycles. The Balaban J connectivity index is 1.42. The van der Waals surface area contributed by atoms with E-state index in [0.29, 0.717) is 12.1 Å². The van der Waals surface area contributed by atoms with Crippen LogP contribution in [0.15, 0.2) is 76.3 Å². The molecule has 5 nitrogen and oxygen atoms in total. The second kappa shape index (κ2) is 9.20. The molecule has 3 aliphatic rings. The van der Waals surface area contributed by atoms with Crippen LogP contribution >= 0.6 is 0 Å². The fourth-order valence-corrected chi connectivity index (χ4v) is 6.42. The van der Waals surface area contributed by atoms with Crippen molar-refractivity contribution < 1.29 is 26.3 Å². The molecule has 3 aliphatic carbocycles. The molecular formula is C30H23F6N3O2. The van der Waals surface area contributed by atoms with Crippen LogP contribution < -0.4 is 21.5 Å². The van der Waals surface area contributed by atoms with Crippen molar-refractivity contribution in [3.8, 4) is 0 Å². The Labute approximate surface area is 230 Å². The molecule has 11 heteroatoms. The van der Waals surface area contributed by atoms with Crippen molar-refractivity contribution in [1.29, 1.82) is 0 Å².